The van der Waals surface area contributed by atoms with E-state index in [1.54, 1.807) is 0 Å². The molecule has 1 N–H and O–H groups in total. The molecular weight excluding hydrogens is 206 g/mol. The van der Waals surface area contributed by atoms with Crippen LogP contribution in [0, 0.1) is 5.92 Å². The molecule has 0 heterocycles. The molecule has 0 bridgehead atoms. The molecule has 0 saturated heterocycles. The van der Waals surface area contributed by atoms with E-state index >= 15 is 0 Å². The molecule has 1 nitrogen and oxygen atoms in total. The summed E-state index contributed by atoms with van der Waals surface area (Å²) < 4.78 is 0. The third-order valence-electron chi connectivity index (χ3n) is 3.79. The van der Waals surface area contributed by atoms with Gasteiger partial charge in [0.25, 0.3) is 0 Å². The molecule has 0 aliphatic carbocycles. The van der Waals surface area contributed by atoms with E-state index in [0.29, 0.717) is 17.9 Å². The van der Waals surface area contributed by atoms with Crippen LogP contribution < -0.4 is 5.32 Å². The molecular formula is C16H27N. The Morgan fingerprint density at radius 3 is 2.06 bits per heavy atom. The van der Waals surface area contributed by atoms with Crippen molar-refractivity contribution in [3.05, 3.63) is 35.4 Å². The molecule has 0 radical (unpaired) electrons. The minimum absolute atomic E-state index is 0.574. The van der Waals surface area contributed by atoms with Gasteiger partial charge in [0.1, 0.15) is 0 Å². The van der Waals surface area contributed by atoms with Gasteiger partial charge in [0.15, 0.2) is 0 Å². The largest absolute Gasteiger partial charge is 0.316 e. The fraction of sp³-hybridized carbons (Fsp3) is 0.625. The van der Waals surface area contributed by atoms with Gasteiger partial charge in [0, 0.05) is 6.04 Å². The predicted octanol–water partition coefficient (Wildman–Crippen LogP) is 3.99. The third kappa shape index (κ3) is 4.16. The molecule has 0 spiro atoms. The second-order valence-corrected chi connectivity index (χ2v) is 5.39. The zero-order chi connectivity index (χ0) is 12.8. The molecule has 1 rings (SSSR count). The van der Waals surface area contributed by atoms with Crippen molar-refractivity contribution in [1.29, 1.82) is 0 Å². The van der Waals surface area contributed by atoms with Gasteiger partial charge >= 0.3 is 0 Å². The van der Waals surface area contributed by atoms with Crippen LogP contribution in [-0.4, -0.2) is 13.1 Å². The van der Waals surface area contributed by atoms with Crippen LogP contribution in [-0.2, 0) is 6.42 Å². The molecule has 1 aromatic rings. The van der Waals surface area contributed by atoms with Crippen LogP contribution in [0.4, 0.5) is 0 Å². The Bertz CT molecular complexity index is 313. The first-order valence-electron chi connectivity index (χ1n) is 6.84. The SMILES string of the molecule is CCC(C)c1ccc(CC(NC)C(C)C)cc1. The lowest BCUT2D eigenvalue weighted by atomic mass is 9.93. The fourth-order valence-corrected chi connectivity index (χ4v) is 2.14. The van der Waals surface area contributed by atoms with Gasteiger partial charge in [-0.3, -0.25) is 0 Å². The van der Waals surface area contributed by atoms with Crippen LogP contribution in [0.15, 0.2) is 24.3 Å². The van der Waals surface area contributed by atoms with E-state index in [2.05, 4.69) is 64.3 Å². The number of hydrogen-bond donors (Lipinski definition) is 1. The molecule has 0 amide bonds. The molecule has 96 valence electrons. The van der Waals surface area contributed by atoms with Gasteiger partial charge in [-0.2, -0.15) is 0 Å². The van der Waals surface area contributed by atoms with Crippen LogP contribution >= 0.6 is 0 Å². The van der Waals surface area contributed by atoms with Crippen LogP contribution in [0.2, 0.25) is 0 Å². The van der Waals surface area contributed by atoms with Crippen molar-refractivity contribution in [3.8, 4) is 0 Å². The highest BCUT2D eigenvalue weighted by Crippen LogP contribution is 2.19. The molecule has 0 fully saturated rings. The number of rotatable bonds is 6. The molecule has 2 unspecified atom stereocenters. The number of benzene rings is 1. The standard InChI is InChI=1S/C16H27N/c1-6-13(4)15-9-7-14(8-10-15)11-16(17-5)12(2)3/h7-10,12-13,16-17H,6,11H2,1-5H3. The summed E-state index contributed by atoms with van der Waals surface area (Å²) in [4.78, 5) is 0. The molecule has 17 heavy (non-hydrogen) atoms. The molecule has 1 heteroatoms. The molecule has 1 aromatic carbocycles. The molecule has 0 saturated carbocycles. The lowest BCUT2D eigenvalue weighted by molar-refractivity contribution is 0.424. The number of likely N-dealkylation sites (N-methyl/N-ethyl adjacent to an activating group) is 1. The third-order valence-corrected chi connectivity index (χ3v) is 3.79. The van der Waals surface area contributed by atoms with Gasteiger partial charge in [0.2, 0.25) is 0 Å². The second-order valence-electron chi connectivity index (χ2n) is 5.39. The highest BCUT2D eigenvalue weighted by molar-refractivity contribution is 5.25. The molecule has 0 aliphatic heterocycles. The Morgan fingerprint density at radius 2 is 1.65 bits per heavy atom. The average molecular weight is 233 g/mol. The Morgan fingerprint density at radius 1 is 1.06 bits per heavy atom. The van der Waals surface area contributed by atoms with E-state index in [9.17, 15) is 0 Å². The number of hydrogen-bond acceptors (Lipinski definition) is 1. The second kappa shape index (κ2) is 6.80. The van der Waals surface area contributed by atoms with Crippen LogP contribution in [0.1, 0.15) is 51.2 Å². The van der Waals surface area contributed by atoms with Crippen molar-refractivity contribution in [1.82, 2.24) is 5.32 Å². The van der Waals surface area contributed by atoms with Crippen molar-refractivity contribution in [2.75, 3.05) is 7.05 Å². The van der Waals surface area contributed by atoms with Gasteiger partial charge in [-0.05, 0) is 42.9 Å². The lowest BCUT2D eigenvalue weighted by Gasteiger charge is -2.20. The van der Waals surface area contributed by atoms with Crippen LogP contribution in [0.3, 0.4) is 0 Å². The first kappa shape index (κ1) is 14.2. The summed E-state index contributed by atoms with van der Waals surface area (Å²) in [6.07, 6.45) is 2.33. The summed E-state index contributed by atoms with van der Waals surface area (Å²) in [5.74, 6) is 1.35. The predicted molar refractivity (Wildman–Crippen MR) is 76.5 cm³/mol. The van der Waals surface area contributed by atoms with Gasteiger partial charge in [-0.25, -0.2) is 0 Å². The highest BCUT2D eigenvalue weighted by Gasteiger charge is 2.11. The Hall–Kier alpha value is -0.820. The van der Waals surface area contributed by atoms with Crippen molar-refractivity contribution in [2.24, 2.45) is 5.92 Å². The van der Waals surface area contributed by atoms with Crippen molar-refractivity contribution in [2.45, 2.75) is 52.5 Å². The minimum atomic E-state index is 0.574. The lowest BCUT2D eigenvalue weighted by Crippen LogP contribution is -2.32. The van der Waals surface area contributed by atoms with E-state index in [0.717, 1.165) is 6.42 Å². The normalized spacial score (nSPS) is 14.9. The van der Waals surface area contributed by atoms with Crippen LogP contribution in [0.5, 0.6) is 0 Å². The summed E-state index contributed by atoms with van der Waals surface area (Å²) in [7, 11) is 2.05. The van der Waals surface area contributed by atoms with Gasteiger partial charge in [-0.1, -0.05) is 52.0 Å². The number of nitrogens with one attached hydrogen (secondary N) is 1. The topological polar surface area (TPSA) is 12.0 Å². The molecule has 0 aromatic heterocycles. The monoisotopic (exact) mass is 233 g/mol. The van der Waals surface area contributed by atoms with Gasteiger partial charge in [0.05, 0.1) is 0 Å². The average Bonchev–Trinajstić information content (AvgIpc) is 2.35. The Balaban J connectivity index is 2.67. The summed E-state index contributed by atoms with van der Waals surface area (Å²) in [5.41, 5.74) is 2.90. The summed E-state index contributed by atoms with van der Waals surface area (Å²) in [6, 6.07) is 9.72. The molecule has 0 aliphatic rings. The Labute approximate surface area is 107 Å². The van der Waals surface area contributed by atoms with E-state index in [4.69, 9.17) is 0 Å². The maximum atomic E-state index is 3.40. The fourth-order valence-electron chi connectivity index (χ4n) is 2.14. The van der Waals surface area contributed by atoms with Crippen LogP contribution in [0.25, 0.3) is 0 Å². The van der Waals surface area contributed by atoms with Gasteiger partial charge < -0.3 is 5.32 Å². The van der Waals surface area contributed by atoms with Crippen molar-refractivity contribution in [3.63, 3.8) is 0 Å². The van der Waals surface area contributed by atoms with Gasteiger partial charge in [-0.15, -0.1) is 0 Å². The molecule has 2 atom stereocenters. The van der Waals surface area contributed by atoms with E-state index in [1.165, 1.54) is 17.5 Å². The maximum absolute atomic E-state index is 3.40. The van der Waals surface area contributed by atoms with E-state index in [-0.39, 0.29) is 0 Å². The first-order chi connectivity index (χ1) is 8.08. The smallest absolute Gasteiger partial charge is 0.0127 e. The Kier molecular flexibility index (Phi) is 5.70. The summed E-state index contributed by atoms with van der Waals surface area (Å²) in [6.45, 7) is 9.08. The van der Waals surface area contributed by atoms with E-state index < -0.39 is 0 Å². The maximum Gasteiger partial charge on any atom is 0.0127 e. The summed E-state index contributed by atoms with van der Waals surface area (Å²) >= 11 is 0. The van der Waals surface area contributed by atoms with Crippen molar-refractivity contribution < 1.29 is 0 Å². The first-order valence-corrected chi connectivity index (χ1v) is 6.84. The van der Waals surface area contributed by atoms with Crippen molar-refractivity contribution >= 4 is 0 Å². The summed E-state index contributed by atoms with van der Waals surface area (Å²) in [5, 5.41) is 3.40. The zero-order valence-corrected chi connectivity index (χ0v) is 12.0. The van der Waals surface area contributed by atoms with E-state index in [1.807, 2.05) is 0 Å². The zero-order valence-electron chi connectivity index (χ0n) is 12.0. The quantitative estimate of drug-likeness (QED) is 0.783. The highest BCUT2D eigenvalue weighted by atomic mass is 14.9. The minimum Gasteiger partial charge on any atom is -0.316 e.